The molecule has 4 heteroatoms. The minimum Gasteiger partial charge on any atom is -0.490 e. The first-order chi connectivity index (χ1) is 9.56. The molecule has 20 heavy (non-hydrogen) atoms. The van der Waals surface area contributed by atoms with Crippen LogP contribution in [0, 0.1) is 0 Å². The van der Waals surface area contributed by atoms with Gasteiger partial charge >= 0.3 is 0 Å². The number of carbonyl (C=O) groups is 1. The van der Waals surface area contributed by atoms with Crippen LogP contribution in [0.25, 0.3) is 0 Å². The Bertz CT molecular complexity index is 354. The molecule has 0 heterocycles. The van der Waals surface area contributed by atoms with Gasteiger partial charge < -0.3 is 14.2 Å². The molecule has 0 aliphatic heterocycles. The maximum Gasteiger partial charge on any atom is 0.261 e. The smallest absolute Gasteiger partial charge is 0.261 e. The zero-order chi connectivity index (χ0) is 15.0. The summed E-state index contributed by atoms with van der Waals surface area (Å²) in [4.78, 5) is 12.3. The normalized spacial score (nSPS) is 17.5. The van der Waals surface area contributed by atoms with Crippen molar-refractivity contribution < 1.29 is 19.0 Å². The SMILES string of the molecule is CCCOC1=CC(C)(OCCC)C=C(OCCC)C1=O. The molecule has 1 rings (SSSR count). The fourth-order valence-corrected chi connectivity index (χ4v) is 1.86. The van der Waals surface area contributed by atoms with E-state index in [0.717, 1.165) is 19.3 Å². The van der Waals surface area contributed by atoms with Crippen LogP contribution in [0.3, 0.4) is 0 Å². The van der Waals surface area contributed by atoms with Crippen molar-refractivity contribution in [3.63, 3.8) is 0 Å². The average Bonchev–Trinajstić information content (AvgIpc) is 2.44. The lowest BCUT2D eigenvalue weighted by Gasteiger charge is -2.28. The first-order valence-corrected chi connectivity index (χ1v) is 7.46. The van der Waals surface area contributed by atoms with Gasteiger partial charge in [-0.1, -0.05) is 20.8 Å². The number of hydrogen-bond donors (Lipinski definition) is 0. The van der Waals surface area contributed by atoms with Crippen LogP contribution in [0.5, 0.6) is 0 Å². The van der Waals surface area contributed by atoms with Gasteiger partial charge in [0, 0.05) is 6.61 Å². The lowest BCUT2D eigenvalue weighted by Crippen LogP contribution is -2.32. The van der Waals surface area contributed by atoms with Gasteiger partial charge in [0.2, 0.25) is 0 Å². The van der Waals surface area contributed by atoms with Gasteiger partial charge in [-0.25, -0.2) is 0 Å². The summed E-state index contributed by atoms with van der Waals surface area (Å²) in [7, 11) is 0. The van der Waals surface area contributed by atoms with E-state index >= 15 is 0 Å². The van der Waals surface area contributed by atoms with E-state index in [1.54, 1.807) is 12.2 Å². The van der Waals surface area contributed by atoms with E-state index in [2.05, 4.69) is 0 Å². The van der Waals surface area contributed by atoms with Gasteiger partial charge in [0.1, 0.15) is 5.60 Å². The topological polar surface area (TPSA) is 44.8 Å². The average molecular weight is 282 g/mol. The molecule has 0 unspecified atom stereocenters. The molecule has 0 saturated heterocycles. The third-order valence-electron chi connectivity index (χ3n) is 2.82. The van der Waals surface area contributed by atoms with E-state index in [-0.39, 0.29) is 5.78 Å². The molecule has 0 aromatic heterocycles. The van der Waals surface area contributed by atoms with E-state index in [0.29, 0.717) is 31.3 Å². The number of hydrogen-bond acceptors (Lipinski definition) is 4. The monoisotopic (exact) mass is 282 g/mol. The molecule has 114 valence electrons. The van der Waals surface area contributed by atoms with Crippen LogP contribution in [0.15, 0.2) is 23.7 Å². The number of carbonyl (C=O) groups excluding carboxylic acids is 1. The van der Waals surface area contributed by atoms with Gasteiger partial charge in [0.25, 0.3) is 5.78 Å². The Morgan fingerprint density at radius 2 is 1.35 bits per heavy atom. The van der Waals surface area contributed by atoms with Crippen LogP contribution in [-0.2, 0) is 19.0 Å². The zero-order valence-corrected chi connectivity index (χ0v) is 13.0. The number of ether oxygens (including phenoxy) is 3. The lowest BCUT2D eigenvalue weighted by molar-refractivity contribution is -0.120. The third-order valence-corrected chi connectivity index (χ3v) is 2.82. The van der Waals surface area contributed by atoms with Crippen LogP contribution >= 0.6 is 0 Å². The van der Waals surface area contributed by atoms with Crippen molar-refractivity contribution in [2.24, 2.45) is 0 Å². The maximum absolute atomic E-state index is 12.3. The molecule has 1 aliphatic carbocycles. The van der Waals surface area contributed by atoms with Gasteiger partial charge in [-0.15, -0.1) is 0 Å². The summed E-state index contributed by atoms with van der Waals surface area (Å²) in [6.07, 6.45) is 6.12. The molecule has 1 aliphatic rings. The van der Waals surface area contributed by atoms with Crippen molar-refractivity contribution in [2.75, 3.05) is 19.8 Å². The molecular weight excluding hydrogens is 256 g/mol. The Hall–Kier alpha value is -1.29. The van der Waals surface area contributed by atoms with Crippen LogP contribution in [0.4, 0.5) is 0 Å². The minimum atomic E-state index is -0.643. The van der Waals surface area contributed by atoms with Gasteiger partial charge in [0.05, 0.1) is 13.2 Å². The van der Waals surface area contributed by atoms with E-state index in [4.69, 9.17) is 14.2 Å². The van der Waals surface area contributed by atoms with Crippen LogP contribution in [-0.4, -0.2) is 31.2 Å². The van der Waals surface area contributed by atoms with Gasteiger partial charge in [-0.05, 0) is 38.3 Å². The zero-order valence-electron chi connectivity index (χ0n) is 13.0. The molecule has 0 amide bonds. The van der Waals surface area contributed by atoms with Crippen LogP contribution < -0.4 is 0 Å². The minimum absolute atomic E-state index is 0.190. The molecule has 0 N–H and O–H groups in total. The van der Waals surface area contributed by atoms with Gasteiger partial charge in [0.15, 0.2) is 11.5 Å². The Labute approximate surface area is 121 Å². The predicted octanol–water partition coefficient (Wildman–Crippen LogP) is 3.38. The fourth-order valence-electron chi connectivity index (χ4n) is 1.86. The Morgan fingerprint density at radius 3 is 1.75 bits per heavy atom. The number of rotatable bonds is 9. The third kappa shape index (κ3) is 4.67. The second kappa shape index (κ2) is 8.10. The van der Waals surface area contributed by atoms with Crippen molar-refractivity contribution in [1.29, 1.82) is 0 Å². The second-order valence-corrected chi connectivity index (χ2v) is 5.08. The summed E-state index contributed by atoms with van der Waals surface area (Å²) in [5.41, 5.74) is -0.643. The molecule has 0 bridgehead atoms. The van der Waals surface area contributed by atoms with E-state index in [9.17, 15) is 4.79 Å². The van der Waals surface area contributed by atoms with Crippen molar-refractivity contribution >= 4 is 5.78 Å². The second-order valence-electron chi connectivity index (χ2n) is 5.08. The first-order valence-electron chi connectivity index (χ1n) is 7.46. The predicted molar refractivity (Wildman–Crippen MR) is 78.3 cm³/mol. The highest BCUT2D eigenvalue weighted by atomic mass is 16.5. The quantitative estimate of drug-likeness (QED) is 0.650. The van der Waals surface area contributed by atoms with Crippen LogP contribution in [0.2, 0.25) is 0 Å². The highest BCUT2D eigenvalue weighted by molar-refractivity contribution is 6.06. The van der Waals surface area contributed by atoms with Crippen molar-refractivity contribution in [1.82, 2.24) is 0 Å². The summed E-state index contributed by atoms with van der Waals surface area (Å²) in [5.74, 6) is 0.475. The molecular formula is C16H26O4. The van der Waals surface area contributed by atoms with Crippen molar-refractivity contribution in [2.45, 2.75) is 52.6 Å². The maximum atomic E-state index is 12.3. The van der Waals surface area contributed by atoms with E-state index in [1.165, 1.54) is 0 Å². The Kier molecular flexibility index (Phi) is 6.79. The standard InChI is InChI=1S/C16H26O4/c1-5-8-18-13-11-16(4,20-10-7-3)12-14(15(13)17)19-9-6-2/h11-12H,5-10H2,1-4H3. The summed E-state index contributed by atoms with van der Waals surface area (Å²) in [6, 6.07) is 0. The largest absolute Gasteiger partial charge is 0.490 e. The molecule has 0 aromatic rings. The van der Waals surface area contributed by atoms with Gasteiger partial charge in [-0.3, -0.25) is 4.79 Å². The molecule has 0 fully saturated rings. The fraction of sp³-hybridized carbons (Fsp3) is 0.688. The number of Topliss-reactive ketones (excluding diaryl/α,β-unsaturated/α-hetero) is 1. The Morgan fingerprint density at radius 1 is 0.900 bits per heavy atom. The van der Waals surface area contributed by atoms with E-state index < -0.39 is 5.60 Å². The lowest BCUT2D eigenvalue weighted by atomic mass is 9.96. The van der Waals surface area contributed by atoms with Gasteiger partial charge in [-0.2, -0.15) is 0 Å². The van der Waals surface area contributed by atoms with Crippen molar-refractivity contribution in [3.8, 4) is 0 Å². The highest BCUT2D eigenvalue weighted by Gasteiger charge is 2.33. The van der Waals surface area contributed by atoms with Crippen molar-refractivity contribution in [3.05, 3.63) is 23.7 Å². The van der Waals surface area contributed by atoms with Crippen LogP contribution in [0.1, 0.15) is 47.0 Å². The summed E-state index contributed by atoms with van der Waals surface area (Å²) >= 11 is 0. The molecule has 0 saturated carbocycles. The summed E-state index contributed by atoms with van der Waals surface area (Å²) < 4.78 is 16.9. The molecule has 0 spiro atoms. The Balaban J connectivity index is 2.91. The molecule has 0 radical (unpaired) electrons. The molecule has 0 aromatic carbocycles. The van der Waals surface area contributed by atoms with E-state index in [1.807, 2.05) is 27.7 Å². The molecule has 0 atom stereocenters. The highest BCUT2D eigenvalue weighted by Crippen LogP contribution is 2.27. The number of ketones is 1. The summed E-state index contributed by atoms with van der Waals surface area (Å²) in [5, 5.41) is 0. The summed E-state index contributed by atoms with van der Waals surface area (Å²) in [6.45, 7) is 9.63. The first kappa shape index (κ1) is 16.8. The molecule has 4 nitrogen and oxygen atoms in total.